The third-order valence-corrected chi connectivity index (χ3v) is 7.36. The van der Waals surface area contributed by atoms with Crippen LogP contribution in [0, 0.1) is 12.8 Å². The number of aryl methyl sites for hydroxylation is 1. The molecular formula is C23H27N5O2S. The summed E-state index contributed by atoms with van der Waals surface area (Å²) in [5, 5.41) is 13.2. The van der Waals surface area contributed by atoms with E-state index in [1.54, 1.807) is 0 Å². The highest BCUT2D eigenvalue weighted by Crippen LogP contribution is 2.41. The molecule has 1 fully saturated rings. The average Bonchev–Trinajstić information content (AvgIpc) is 3.45. The number of ether oxygens (including phenoxy) is 1. The summed E-state index contributed by atoms with van der Waals surface area (Å²) in [6.07, 6.45) is 1.72. The molecule has 0 spiro atoms. The fourth-order valence-electron chi connectivity index (χ4n) is 4.53. The minimum Gasteiger partial charge on any atom is -0.378 e. The fraction of sp³-hybridized carbons (Fsp3) is 0.435. The molecule has 6 rings (SSSR count). The number of thiophene rings is 1. The summed E-state index contributed by atoms with van der Waals surface area (Å²) < 4.78 is 7.55. The van der Waals surface area contributed by atoms with Crippen molar-refractivity contribution in [3.63, 3.8) is 0 Å². The number of nitrogens with one attached hydrogen (secondary N) is 1. The zero-order chi connectivity index (χ0) is 21.2. The van der Waals surface area contributed by atoms with Crippen molar-refractivity contribution >= 4 is 17.2 Å². The molecule has 162 valence electrons. The predicted octanol–water partition coefficient (Wildman–Crippen LogP) is 2.50. The normalized spacial score (nSPS) is 19.5. The summed E-state index contributed by atoms with van der Waals surface area (Å²) in [6.45, 7) is 6.35. The Balaban J connectivity index is 0.000000296. The fourth-order valence-corrected chi connectivity index (χ4v) is 6.03. The van der Waals surface area contributed by atoms with Crippen molar-refractivity contribution in [3.8, 4) is 5.00 Å². The number of carbonyl (C=O) groups excluding carboxylic acids is 1. The smallest absolute Gasteiger partial charge is 0.226 e. The van der Waals surface area contributed by atoms with Gasteiger partial charge in [-0.1, -0.05) is 36.4 Å². The molecule has 1 amide bonds. The Hall–Kier alpha value is -2.55. The highest BCUT2D eigenvalue weighted by molar-refractivity contribution is 7.15. The standard InChI is InChI=1S/C17H21N5O2S.C6H6/c1-10-19-20-15-9-18-8-13-12-6-11(7-14(12)25-17(13)22(10)15)16(23)21-2-4-24-5-3-21;1-2-4-6-5-3-1/h11,18H,2-9H2,1H3;1-6H/t11-;/m1./s1. The van der Waals surface area contributed by atoms with Crippen LogP contribution in [0.25, 0.3) is 5.00 Å². The Morgan fingerprint density at radius 1 is 1.03 bits per heavy atom. The molecule has 2 aromatic heterocycles. The van der Waals surface area contributed by atoms with E-state index < -0.39 is 0 Å². The van der Waals surface area contributed by atoms with Gasteiger partial charge in [0.05, 0.1) is 19.8 Å². The van der Waals surface area contributed by atoms with Gasteiger partial charge >= 0.3 is 0 Å². The highest BCUT2D eigenvalue weighted by atomic mass is 32.1. The lowest BCUT2D eigenvalue weighted by atomic mass is 10.0. The molecule has 1 saturated heterocycles. The van der Waals surface area contributed by atoms with Gasteiger partial charge in [-0.3, -0.25) is 9.36 Å². The second-order valence-corrected chi connectivity index (χ2v) is 9.17. The van der Waals surface area contributed by atoms with Crippen molar-refractivity contribution in [2.75, 3.05) is 26.3 Å². The van der Waals surface area contributed by atoms with Gasteiger partial charge in [0, 0.05) is 36.0 Å². The van der Waals surface area contributed by atoms with Crippen LogP contribution in [0.1, 0.15) is 27.7 Å². The first kappa shape index (κ1) is 20.4. The molecule has 1 atom stereocenters. The maximum atomic E-state index is 12.8. The molecule has 1 N–H and O–H groups in total. The van der Waals surface area contributed by atoms with Crippen molar-refractivity contribution in [1.29, 1.82) is 0 Å². The second kappa shape index (κ2) is 8.90. The SMILES string of the molecule is Cc1nnc2n1-c1sc3c(c1CNC2)C[C@@H](C(=O)N1CCOCC1)C3.c1ccccc1. The Bertz CT molecular complexity index is 1030. The van der Waals surface area contributed by atoms with Gasteiger partial charge in [0.2, 0.25) is 5.91 Å². The van der Waals surface area contributed by atoms with Gasteiger partial charge in [-0.15, -0.1) is 21.5 Å². The summed E-state index contributed by atoms with van der Waals surface area (Å²) in [5.74, 6) is 2.29. The number of nitrogens with zero attached hydrogens (tertiary/aromatic N) is 4. The minimum absolute atomic E-state index is 0.0920. The molecule has 0 saturated carbocycles. The molecule has 2 aliphatic heterocycles. The van der Waals surface area contributed by atoms with E-state index in [0.29, 0.717) is 19.1 Å². The van der Waals surface area contributed by atoms with Crippen molar-refractivity contribution in [3.05, 3.63) is 64.1 Å². The monoisotopic (exact) mass is 437 g/mol. The van der Waals surface area contributed by atoms with E-state index in [1.165, 1.54) is 21.0 Å². The summed E-state index contributed by atoms with van der Waals surface area (Å²) in [5.41, 5.74) is 2.71. The summed E-state index contributed by atoms with van der Waals surface area (Å²) in [4.78, 5) is 16.2. The predicted molar refractivity (Wildman–Crippen MR) is 119 cm³/mol. The number of morpholine rings is 1. The van der Waals surface area contributed by atoms with Gasteiger partial charge in [-0.25, -0.2) is 0 Å². The lowest BCUT2D eigenvalue weighted by Crippen LogP contribution is -2.44. The van der Waals surface area contributed by atoms with Gasteiger partial charge in [-0.2, -0.15) is 0 Å². The Kier molecular flexibility index (Phi) is 5.85. The van der Waals surface area contributed by atoms with Crippen molar-refractivity contribution in [2.24, 2.45) is 5.92 Å². The molecule has 1 aromatic carbocycles. The number of aromatic nitrogens is 3. The third kappa shape index (κ3) is 4.03. The molecule has 0 radical (unpaired) electrons. The van der Waals surface area contributed by atoms with Gasteiger partial charge in [0.15, 0.2) is 5.82 Å². The number of hydrogen-bond acceptors (Lipinski definition) is 6. The first-order valence-electron chi connectivity index (χ1n) is 10.8. The molecule has 0 bridgehead atoms. The van der Waals surface area contributed by atoms with Crippen LogP contribution >= 0.6 is 11.3 Å². The van der Waals surface area contributed by atoms with Gasteiger partial charge < -0.3 is 15.0 Å². The van der Waals surface area contributed by atoms with E-state index in [-0.39, 0.29) is 5.92 Å². The molecule has 4 heterocycles. The number of hydrogen-bond donors (Lipinski definition) is 1. The van der Waals surface area contributed by atoms with Gasteiger partial charge in [0.25, 0.3) is 0 Å². The summed E-state index contributed by atoms with van der Waals surface area (Å²) in [7, 11) is 0. The zero-order valence-electron chi connectivity index (χ0n) is 17.7. The van der Waals surface area contributed by atoms with E-state index >= 15 is 0 Å². The van der Waals surface area contributed by atoms with Crippen LogP contribution in [0.4, 0.5) is 0 Å². The van der Waals surface area contributed by atoms with Gasteiger partial charge in [-0.05, 0) is 25.3 Å². The number of amides is 1. The van der Waals surface area contributed by atoms with Crippen LogP contribution in [-0.4, -0.2) is 51.9 Å². The number of carbonyl (C=O) groups is 1. The highest BCUT2D eigenvalue weighted by Gasteiger charge is 2.36. The average molecular weight is 438 g/mol. The van der Waals surface area contributed by atoms with Crippen LogP contribution in [0.5, 0.6) is 0 Å². The minimum atomic E-state index is 0.0920. The molecule has 0 unspecified atom stereocenters. The van der Waals surface area contributed by atoms with Crippen molar-refractivity contribution < 1.29 is 9.53 Å². The van der Waals surface area contributed by atoms with Crippen LogP contribution in [-0.2, 0) is 35.5 Å². The lowest BCUT2D eigenvalue weighted by molar-refractivity contribution is -0.139. The maximum Gasteiger partial charge on any atom is 0.226 e. The number of fused-ring (bicyclic) bond motifs is 5. The largest absolute Gasteiger partial charge is 0.378 e. The summed E-state index contributed by atoms with van der Waals surface area (Å²) in [6, 6.07) is 12.0. The van der Waals surface area contributed by atoms with E-state index in [4.69, 9.17) is 4.74 Å². The molecule has 1 aliphatic carbocycles. The Morgan fingerprint density at radius 2 is 1.74 bits per heavy atom. The van der Waals surface area contributed by atoms with E-state index in [0.717, 1.165) is 50.7 Å². The molecule has 8 heteroatoms. The zero-order valence-corrected chi connectivity index (χ0v) is 18.5. The lowest BCUT2D eigenvalue weighted by Gasteiger charge is -2.29. The first-order valence-corrected chi connectivity index (χ1v) is 11.7. The van der Waals surface area contributed by atoms with Crippen LogP contribution in [0.3, 0.4) is 0 Å². The molecule has 3 aliphatic rings. The molecule has 31 heavy (non-hydrogen) atoms. The molecular weight excluding hydrogens is 410 g/mol. The van der Waals surface area contributed by atoms with E-state index in [9.17, 15) is 4.79 Å². The van der Waals surface area contributed by atoms with Crippen LogP contribution in [0.15, 0.2) is 36.4 Å². The first-order chi connectivity index (χ1) is 15.2. The quantitative estimate of drug-likeness (QED) is 0.633. The molecule has 3 aromatic rings. The van der Waals surface area contributed by atoms with Crippen LogP contribution < -0.4 is 5.32 Å². The van der Waals surface area contributed by atoms with E-state index in [2.05, 4.69) is 20.1 Å². The van der Waals surface area contributed by atoms with Crippen molar-refractivity contribution in [1.82, 2.24) is 25.0 Å². The van der Waals surface area contributed by atoms with Crippen LogP contribution in [0.2, 0.25) is 0 Å². The van der Waals surface area contributed by atoms with Crippen molar-refractivity contribution in [2.45, 2.75) is 32.9 Å². The third-order valence-electron chi connectivity index (χ3n) is 6.08. The molecule has 7 nitrogen and oxygen atoms in total. The Morgan fingerprint density at radius 3 is 2.45 bits per heavy atom. The maximum absolute atomic E-state index is 12.8. The van der Waals surface area contributed by atoms with Gasteiger partial charge in [0.1, 0.15) is 10.8 Å². The summed E-state index contributed by atoms with van der Waals surface area (Å²) >= 11 is 1.81. The number of benzene rings is 1. The van der Waals surface area contributed by atoms with E-state index in [1.807, 2.05) is 59.6 Å². The number of rotatable bonds is 1. The second-order valence-electron chi connectivity index (χ2n) is 8.09. The Labute approximate surface area is 186 Å². The topological polar surface area (TPSA) is 72.3 Å².